The van der Waals surface area contributed by atoms with Crippen molar-refractivity contribution in [3.05, 3.63) is 59.2 Å². The van der Waals surface area contributed by atoms with Crippen LogP contribution in [0, 0.1) is 0 Å². The van der Waals surface area contributed by atoms with Gasteiger partial charge in [-0.25, -0.2) is 0 Å². The van der Waals surface area contributed by atoms with Crippen molar-refractivity contribution >= 4 is 28.8 Å². The number of allylic oxidation sites excluding steroid dienone is 1. The lowest BCUT2D eigenvalue weighted by Gasteiger charge is -2.29. The number of halogens is 3. The predicted octanol–water partition coefficient (Wildman–Crippen LogP) is 4.32. The summed E-state index contributed by atoms with van der Waals surface area (Å²) in [5, 5.41) is 5.65. The first-order valence-electron chi connectivity index (χ1n) is 10.6. The van der Waals surface area contributed by atoms with Crippen molar-refractivity contribution in [2.24, 2.45) is 0 Å². The molecule has 4 rings (SSSR count). The second kappa shape index (κ2) is 8.90. The van der Waals surface area contributed by atoms with Crippen LogP contribution in [0.4, 0.5) is 24.5 Å². The Morgan fingerprint density at radius 1 is 1.21 bits per heavy atom. The second-order valence-corrected chi connectivity index (χ2v) is 8.36. The normalized spacial score (nSPS) is 19.3. The molecule has 0 aliphatic carbocycles. The van der Waals surface area contributed by atoms with Crippen LogP contribution >= 0.6 is 0 Å². The van der Waals surface area contributed by atoms with Gasteiger partial charge < -0.3 is 15.4 Å². The van der Waals surface area contributed by atoms with E-state index in [0.29, 0.717) is 41.8 Å². The maximum absolute atomic E-state index is 13.1. The topological polar surface area (TPSA) is 70.7 Å². The van der Waals surface area contributed by atoms with Gasteiger partial charge in [0.15, 0.2) is 0 Å². The van der Waals surface area contributed by atoms with E-state index in [4.69, 9.17) is 4.74 Å². The van der Waals surface area contributed by atoms with Gasteiger partial charge >= 0.3 is 6.18 Å². The quantitative estimate of drug-likeness (QED) is 0.671. The number of alkyl halides is 3. The molecule has 0 radical (unpaired) electrons. The van der Waals surface area contributed by atoms with Crippen molar-refractivity contribution in [1.29, 1.82) is 0 Å². The van der Waals surface area contributed by atoms with E-state index in [9.17, 15) is 22.8 Å². The lowest BCUT2D eigenvalue weighted by molar-refractivity contribution is -0.137. The molecular weight excluding hydrogens is 435 g/mol. The summed E-state index contributed by atoms with van der Waals surface area (Å²) >= 11 is 0. The molecule has 0 aromatic heterocycles. The van der Waals surface area contributed by atoms with Crippen LogP contribution in [0.25, 0.3) is 5.57 Å². The summed E-state index contributed by atoms with van der Waals surface area (Å²) in [6.07, 6.45) is -1.44. The van der Waals surface area contributed by atoms with Crippen LogP contribution < -0.4 is 15.4 Å². The van der Waals surface area contributed by atoms with Gasteiger partial charge in [-0.3, -0.25) is 14.5 Å². The Morgan fingerprint density at radius 2 is 2.00 bits per heavy atom. The average Bonchev–Trinajstić information content (AvgIpc) is 2.94. The van der Waals surface area contributed by atoms with Crippen molar-refractivity contribution in [2.75, 3.05) is 31.3 Å². The van der Waals surface area contributed by atoms with Gasteiger partial charge in [-0.05, 0) is 68.8 Å². The van der Waals surface area contributed by atoms with Crippen molar-refractivity contribution in [3.8, 4) is 5.75 Å². The molecule has 2 aliphatic heterocycles. The fraction of sp³-hybridized carbons (Fsp3) is 0.333. The average molecular weight is 459 g/mol. The second-order valence-electron chi connectivity index (χ2n) is 8.36. The van der Waals surface area contributed by atoms with E-state index >= 15 is 0 Å². The minimum atomic E-state index is -4.47. The molecule has 9 heteroatoms. The highest BCUT2D eigenvalue weighted by Gasteiger charge is 2.32. The zero-order chi connectivity index (χ0) is 23.8. The van der Waals surface area contributed by atoms with Crippen molar-refractivity contribution in [1.82, 2.24) is 4.90 Å². The summed E-state index contributed by atoms with van der Waals surface area (Å²) < 4.78 is 44.6. The van der Waals surface area contributed by atoms with E-state index in [-0.39, 0.29) is 24.3 Å². The molecule has 2 aliphatic rings. The summed E-state index contributed by atoms with van der Waals surface area (Å²) in [7, 11) is 3.69. The van der Waals surface area contributed by atoms with Gasteiger partial charge in [-0.1, -0.05) is 12.1 Å². The summed E-state index contributed by atoms with van der Waals surface area (Å²) in [6.45, 7) is 0.270. The molecule has 0 saturated heterocycles. The van der Waals surface area contributed by atoms with Crippen molar-refractivity contribution in [2.45, 2.75) is 31.5 Å². The molecule has 174 valence electrons. The lowest BCUT2D eigenvalue weighted by Crippen LogP contribution is -2.44. The highest BCUT2D eigenvalue weighted by atomic mass is 19.4. The van der Waals surface area contributed by atoms with Crippen LogP contribution in [-0.2, 0) is 22.2 Å². The number of carbonyl (C=O) groups is 2. The molecule has 2 amide bonds. The summed E-state index contributed by atoms with van der Waals surface area (Å²) in [5.74, 6) is -0.398. The molecule has 2 N–H and O–H groups in total. The lowest BCUT2D eigenvalue weighted by atomic mass is 9.97. The molecule has 0 saturated carbocycles. The number of nitrogens with one attached hydrogen (secondary N) is 2. The van der Waals surface area contributed by atoms with Gasteiger partial charge in [0.2, 0.25) is 11.8 Å². The standard InChI is InChI=1S/C24H24F3N3O3/c1-30(2)20-10-15-5-7-17(13-19(15)29-23(20)32)28-22(31)11-14-4-3-9-33-21-12-16(24(25,26)27)6-8-18(14)21/h5-8,11-13,20H,3-4,9-10H2,1-2H3,(H,28,31)(H,29,32). The highest BCUT2D eigenvalue weighted by Crippen LogP contribution is 2.38. The molecule has 0 fully saturated rings. The van der Waals surface area contributed by atoms with Crippen molar-refractivity contribution in [3.63, 3.8) is 0 Å². The molecule has 33 heavy (non-hydrogen) atoms. The first-order valence-corrected chi connectivity index (χ1v) is 10.6. The summed E-state index contributed by atoms with van der Waals surface area (Å²) in [5.41, 5.74) is 2.42. The molecule has 6 nitrogen and oxygen atoms in total. The zero-order valence-electron chi connectivity index (χ0n) is 18.3. The number of rotatable bonds is 3. The predicted molar refractivity (Wildman–Crippen MR) is 119 cm³/mol. The third kappa shape index (κ3) is 5.03. The molecule has 2 aromatic rings. The summed E-state index contributed by atoms with van der Waals surface area (Å²) in [4.78, 5) is 26.9. The van der Waals surface area contributed by atoms with Gasteiger partial charge in [0.05, 0.1) is 18.2 Å². The van der Waals surface area contributed by atoms with E-state index in [2.05, 4.69) is 10.6 Å². The van der Waals surface area contributed by atoms with Gasteiger partial charge in [0.25, 0.3) is 0 Å². The molecule has 1 atom stereocenters. The van der Waals surface area contributed by atoms with E-state index in [0.717, 1.165) is 17.7 Å². The van der Waals surface area contributed by atoms with Crippen molar-refractivity contribution < 1.29 is 27.5 Å². The van der Waals surface area contributed by atoms with E-state index < -0.39 is 17.6 Å². The van der Waals surface area contributed by atoms with Crippen LogP contribution in [-0.4, -0.2) is 43.5 Å². The Bertz CT molecular complexity index is 1130. The van der Waals surface area contributed by atoms with E-state index in [1.165, 1.54) is 12.1 Å². The maximum Gasteiger partial charge on any atom is 0.416 e. The monoisotopic (exact) mass is 459 g/mol. The van der Waals surface area contributed by atoms with E-state index in [1.54, 1.807) is 12.1 Å². The third-order valence-electron chi connectivity index (χ3n) is 5.78. The van der Waals surface area contributed by atoms with Crippen LogP contribution in [0.3, 0.4) is 0 Å². The Labute approximate surface area is 189 Å². The number of ether oxygens (including phenoxy) is 1. The number of hydrogen-bond donors (Lipinski definition) is 2. The van der Waals surface area contributed by atoms with Gasteiger partial charge in [0, 0.05) is 23.0 Å². The molecule has 2 aromatic carbocycles. The fourth-order valence-electron chi connectivity index (χ4n) is 4.03. The third-order valence-corrected chi connectivity index (χ3v) is 5.78. The first-order chi connectivity index (χ1) is 15.6. The summed E-state index contributed by atoms with van der Waals surface area (Å²) in [6, 6.07) is 8.39. The first kappa shape index (κ1) is 22.8. The van der Waals surface area contributed by atoms with Gasteiger partial charge in [0.1, 0.15) is 5.75 Å². The number of anilines is 2. The van der Waals surface area contributed by atoms with Crippen LogP contribution in [0.2, 0.25) is 0 Å². The highest BCUT2D eigenvalue weighted by molar-refractivity contribution is 6.05. The Morgan fingerprint density at radius 3 is 2.73 bits per heavy atom. The number of benzene rings is 2. The molecule has 1 unspecified atom stereocenters. The SMILES string of the molecule is CN(C)C1Cc2ccc(NC(=O)C=C3CCCOc4cc(C(F)(F)F)ccc43)cc2NC1=O. The Balaban J connectivity index is 1.54. The number of carbonyl (C=O) groups excluding carboxylic acids is 2. The fourth-order valence-corrected chi connectivity index (χ4v) is 4.03. The molecular formula is C24H24F3N3O3. The number of hydrogen-bond acceptors (Lipinski definition) is 4. The minimum absolute atomic E-state index is 0.105. The zero-order valence-corrected chi connectivity index (χ0v) is 18.3. The molecule has 0 bridgehead atoms. The molecule has 0 spiro atoms. The van der Waals surface area contributed by atoms with Crippen LogP contribution in [0.15, 0.2) is 42.5 Å². The Hall–Kier alpha value is -3.33. The molecule has 2 heterocycles. The van der Waals surface area contributed by atoms with Gasteiger partial charge in [-0.15, -0.1) is 0 Å². The van der Waals surface area contributed by atoms with Gasteiger partial charge in [-0.2, -0.15) is 13.2 Å². The number of likely N-dealkylation sites (N-methyl/N-ethyl adjacent to an activating group) is 1. The largest absolute Gasteiger partial charge is 0.493 e. The number of amides is 2. The smallest absolute Gasteiger partial charge is 0.416 e. The van der Waals surface area contributed by atoms with Crippen LogP contribution in [0.5, 0.6) is 5.75 Å². The Kier molecular flexibility index (Phi) is 6.16. The number of nitrogens with zero attached hydrogens (tertiary/aromatic N) is 1. The minimum Gasteiger partial charge on any atom is -0.493 e. The van der Waals surface area contributed by atoms with Crippen LogP contribution in [0.1, 0.15) is 29.5 Å². The maximum atomic E-state index is 13.1. The van der Waals surface area contributed by atoms with E-state index in [1.807, 2.05) is 25.1 Å². The number of fused-ring (bicyclic) bond motifs is 2.